The Bertz CT molecular complexity index is 1020. The number of fused-ring (bicyclic) bond motifs is 1. The predicted octanol–water partition coefficient (Wildman–Crippen LogP) is 3.25. The highest BCUT2D eigenvalue weighted by molar-refractivity contribution is 7.99. The van der Waals surface area contributed by atoms with Crippen LogP contribution in [-0.2, 0) is 14.3 Å². The fourth-order valence-electron chi connectivity index (χ4n) is 2.71. The Hall–Kier alpha value is -2.84. The lowest BCUT2D eigenvalue weighted by Gasteiger charge is -2.11. The first-order valence-corrected chi connectivity index (χ1v) is 9.36. The fraction of sp³-hybridized carbons (Fsp3) is 0.111. The van der Waals surface area contributed by atoms with Crippen molar-refractivity contribution in [2.45, 2.75) is 11.3 Å². The third-order valence-electron chi connectivity index (χ3n) is 3.91. The van der Waals surface area contributed by atoms with E-state index in [0.717, 1.165) is 5.69 Å². The number of para-hydroxylation sites is 1. The second-order valence-electron chi connectivity index (χ2n) is 5.70. The number of anilines is 1. The van der Waals surface area contributed by atoms with Crippen molar-refractivity contribution in [2.75, 3.05) is 11.1 Å². The van der Waals surface area contributed by atoms with E-state index in [1.807, 2.05) is 18.2 Å². The van der Waals surface area contributed by atoms with E-state index in [9.17, 15) is 9.59 Å². The number of carbonyl (C=O) groups excluding carboxylic acids is 2. The molecular formula is C18H13ClN4O3S. The average Bonchev–Trinajstić information content (AvgIpc) is 3.25. The van der Waals surface area contributed by atoms with E-state index < -0.39 is 12.1 Å². The van der Waals surface area contributed by atoms with Gasteiger partial charge in [-0.3, -0.25) is 14.2 Å². The molecule has 9 heteroatoms. The molecule has 4 rings (SSSR count). The molecule has 7 nitrogen and oxygen atoms in total. The van der Waals surface area contributed by atoms with E-state index in [4.69, 9.17) is 16.3 Å². The molecule has 1 aliphatic heterocycles. The standard InChI is InChI=1S/C18H13ClN4O3S/c19-11-4-3-5-12(8-11)23-10-20-22-18(23)27-9-15(24)26-16-13-6-1-2-7-14(13)21-17(16)25/h1-8,10,16H,9H2,(H,21,25). The predicted molar refractivity (Wildman–Crippen MR) is 101 cm³/mol. The van der Waals surface area contributed by atoms with Crippen LogP contribution in [0, 0.1) is 0 Å². The first-order valence-electron chi connectivity index (χ1n) is 8.00. The van der Waals surface area contributed by atoms with Gasteiger partial charge in [0.05, 0.1) is 11.4 Å². The van der Waals surface area contributed by atoms with E-state index in [-0.39, 0.29) is 11.7 Å². The van der Waals surface area contributed by atoms with Gasteiger partial charge in [-0.25, -0.2) is 0 Å². The number of rotatable bonds is 5. The molecule has 1 atom stereocenters. The number of hydrogen-bond acceptors (Lipinski definition) is 6. The van der Waals surface area contributed by atoms with Crippen molar-refractivity contribution >= 4 is 40.9 Å². The zero-order valence-corrected chi connectivity index (χ0v) is 15.4. The Balaban J connectivity index is 1.42. The van der Waals surface area contributed by atoms with Gasteiger partial charge in [0.2, 0.25) is 6.10 Å². The largest absolute Gasteiger partial charge is 0.447 e. The maximum atomic E-state index is 12.2. The Morgan fingerprint density at radius 1 is 1.26 bits per heavy atom. The molecule has 0 bridgehead atoms. The average molecular weight is 401 g/mol. The van der Waals surface area contributed by atoms with E-state index in [2.05, 4.69) is 15.5 Å². The fourth-order valence-corrected chi connectivity index (χ4v) is 3.61. The molecule has 2 heterocycles. The molecular weight excluding hydrogens is 388 g/mol. The molecule has 136 valence electrons. The van der Waals surface area contributed by atoms with Crippen molar-refractivity contribution in [1.29, 1.82) is 0 Å². The molecule has 0 fully saturated rings. The van der Waals surface area contributed by atoms with Gasteiger partial charge >= 0.3 is 5.97 Å². The highest BCUT2D eigenvalue weighted by Crippen LogP contribution is 2.33. The van der Waals surface area contributed by atoms with Crippen LogP contribution in [0.2, 0.25) is 5.02 Å². The lowest BCUT2D eigenvalue weighted by molar-refractivity contribution is -0.151. The maximum Gasteiger partial charge on any atom is 0.317 e. The monoisotopic (exact) mass is 400 g/mol. The summed E-state index contributed by atoms with van der Waals surface area (Å²) in [5, 5.41) is 11.7. The Morgan fingerprint density at radius 3 is 2.96 bits per heavy atom. The minimum atomic E-state index is -0.930. The van der Waals surface area contributed by atoms with Gasteiger partial charge in [0.15, 0.2) is 5.16 Å². The van der Waals surface area contributed by atoms with Crippen molar-refractivity contribution in [2.24, 2.45) is 0 Å². The summed E-state index contributed by atoms with van der Waals surface area (Å²) >= 11 is 7.19. The summed E-state index contributed by atoms with van der Waals surface area (Å²) in [6.07, 6.45) is 0.611. The molecule has 3 aromatic rings. The number of halogens is 1. The van der Waals surface area contributed by atoms with Crippen LogP contribution in [0.3, 0.4) is 0 Å². The summed E-state index contributed by atoms with van der Waals surface area (Å²) in [7, 11) is 0. The summed E-state index contributed by atoms with van der Waals surface area (Å²) in [4.78, 5) is 24.3. The van der Waals surface area contributed by atoms with Crippen molar-refractivity contribution in [3.05, 3.63) is 65.4 Å². The molecule has 0 saturated heterocycles. The molecule has 1 aliphatic rings. The molecule has 1 amide bonds. The van der Waals surface area contributed by atoms with Crippen molar-refractivity contribution in [3.63, 3.8) is 0 Å². The molecule has 2 aromatic carbocycles. The molecule has 1 N–H and O–H groups in total. The highest BCUT2D eigenvalue weighted by Gasteiger charge is 2.33. The van der Waals surface area contributed by atoms with Gasteiger partial charge in [0.25, 0.3) is 5.91 Å². The van der Waals surface area contributed by atoms with Gasteiger partial charge < -0.3 is 10.1 Å². The van der Waals surface area contributed by atoms with Gasteiger partial charge in [0.1, 0.15) is 6.33 Å². The van der Waals surface area contributed by atoms with Crippen LogP contribution in [-0.4, -0.2) is 32.4 Å². The third kappa shape index (κ3) is 3.67. The van der Waals surface area contributed by atoms with Gasteiger partial charge in [0, 0.05) is 16.3 Å². The first-order chi connectivity index (χ1) is 13.1. The Morgan fingerprint density at radius 2 is 2.11 bits per heavy atom. The van der Waals surface area contributed by atoms with Crippen LogP contribution in [0.5, 0.6) is 0 Å². The van der Waals surface area contributed by atoms with Gasteiger partial charge in [-0.1, -0.05) is 47.6 Å². The minimum Gasteiger partial charge on any atom is -0.447 e. The lowest BCUT2D eigenvalue weighted by atomic mass is 10.1. The first kappa shape index (κ1) is 17.6. The summed E-state index contributed by atoms with van der Waals surface area (Å²) in [6.45, 7) is 0. The molecule has 27 heavy (non-hydrogen) atoms. The number of carbonyl (C=O) groups is 2. The van der Waals surface area contributed by atoms with Crippen molar-refractivity contribution in [1.82, 2.24) is 14.8 Å². The quantitative estimate of drug-likeness (QED) is 0.522. The molecule has 1 unspecified atom stereocenters. The molecule has 0 aliphatic carbocycles. The Kier molecular flexibility index (Phi) is 4.83. The third-order valence-corrected chi connectivity index (χ3v) is 5.06. The summed E-state index contributed by atoms with van der Waals surface area (Å²) < 4.78 is 7.09. The number of nitrogens with one attached hydrogen (secondary N) is 1. The van der Waals surface area contributed by atoms with Crippen LogP contribution in [0.4, 0.5) is 5.69 Å². The van der Waals surface area contributed by atoms with Gasteiger partial charge in [-0.2, -0.15) is 0 Å². The zero-order chi connectivity index (χ0) is 18.8. The van der Waals surface area contributed by atoms with Crippen molar-refractivity contribution < 1.29 is 14.3 Å². The highest BCUT2D eigenvalue weighted by atomic mass is 35.5. The van der Waals surface area contributed by atoms with Gasteiger partial charge in [-0.15, -0.1) is 10.2 Å². The number of ether oxygens (including phenoxy) is 1. The lowest BCUT2D eigenvalue weighted by Crippen LogP contribution is -2.20. The van der Waals surface area contributed by atoms with E-state index in [1.54, 1.807) is 41.2 Å². The number of thioether (sulfide) groups is 1. The van der Waals surface area contributed by atoms with Crippen LogP contribution in [0.1, 0.15) is 11.7 Å². The number of benzene rings is 2. The number of nitrogens with zero attached hydrogens (tertiary/aromatic N) is 3. The van der Waals surface area contributed by atoms with Crippen LogP contribution < -0.4 is 5.32 Å². The van der Waals surface area contributed by atoms with E-state index in [1.165, 1.54) is 11.8 Å². The SMILES string of the molecule is O=C(CSc1nncn1-c1cccc(Cl)c1)OC1C(=O)Nc2ccccc21. The minimum absolute atomic E-state index is 0.00872. The second-order valence-corrected chi connectivity index (χ2v) is 7.08. The number of aromatic nitrogens is 3. The van der Waals surface area contributed by atoms with E-state index >= 15 is 0 Å². The molecule has 1 aromatic heterocycles. The van der Waals surface area contributed by atoms with E-state index in [0.29, 0.717) is 21.4 Å². The topological polar surface area (TPSA) is 86.1 Å². The molecule has 0 saturated carbocycles. The molecule has 0 spiro atoms. The number of esters is 1. The van der Waals surface area contributed by atoms with Gasteiger partial charge in [-0.05, 0) is 24.3 Å². The van der Waals surface area contributed by atoms with Crippen LogP contribution in [0.15, 0.2) is 60.0 Å². The summed E-state index contributed by atoms with van der Waals surface area (Å²) in [5.74, 6) is -0.875. The van der Waals surface area contributed by atoms with Crippen LogP contribution >= 0.6 is 23.4 Å². The summed E-state index contributed by atoms with van der Waals surface area (Å²) in [6, 6.07) is 14.3. The number of hydrogen-bond donors (Lipinski definition) is 1. The normalized spacial score (nSPS) is 15.3. The van der Waals surface area contributed by atoms with Crippen LogP contribution in [0.25, 0.3) is 5.69 Å². The number of amides is 1. The zero-order valence-electron chi connectivity index (χ0n) is 13.8. The van der Waals surface area contributed by atoms with Crippen molar-refractivity contribution in [3.8, 4) is 5.69 Å². The smallest absolute Gasteiger partial charge is 0.317 e. The summed E-state index contributed by atoms with van der Waals surface area (Å²) in [5.41, 5.74) is 2.10. The molecule has 0 radical (unpaired) electrons. The maximum absolute atomic E-state index is 12.2. The second kappa shape index (κ2) is 7.42. The Labute approximate surface area is 163 Å².